The molecule has 84 heavy (non-hydrogen) atoms. The molecule has 21 heteroatoms. The second-order valence-electron chi connectivity index (χ2n) is 22.2. The quantitative estimate of drug-likeness (QED) is 0.0294. The summed E-state index contributed by atoms with van der Waals surface area (Å²) in [5.74, 6) is -0.877. The third-order valence-electron chi connectivity index (χ3n) is 14.9. The number of nitrogens with zero attached hydrogens (tertiary/aromatic N) is 3. The molecule has 0 bridgehead atoms. The van der Waals surface area contributed by atoms with Crippen LogP contribution in [0.2, 0.25) is 0 Å². The molecular weight excluding hydrogens is 1090 g/mol. The third kappa shape index (κ3) is 18.7. The number of amides is 4. The predicted molar refractivity (Wildman–Crippen MR) is 322 cm³/mol. The summed E-state index contributed by atoms with van der Waals surface area (Å²) in [6, 6.07) is 20.1. The van der Waals surface area contributed by atoms with Crippen LogP contribution in [0.25, 0.3) is 21.6 Å². The standard InChI is InChI=1S/C63H85N7O13S/c1-9-69(49-18-20-77-21-19-49)54-34-48(33-52(43(54)4)59(73)65-37-53-41(2)32-42(3)67-60(53)74)46-14-16-51(17-15-46)83-31-30-81-27-26-79-23-22-78-24-25-80-28-29-82-39-56(72)68-58(63(6,7)8)62(76)70-38-50(71)35-55(70)61(75)64-36-45-10-12-47(13-11-45)57-44(5)66-40-84-57/h10-17,32-34,40,49-50,55,58,71H,9,18-31,35-39H2,1-8H3,(H,64,75)(H,65,73)(H,67,74)(H,68,72)/t50-,55+,58?/m1/s1. The number of carbonyl (C=O) groups excluding carboxylic acids is 4. The summed E-state index contributed by atoms with van der Waals surface area (Å²) in [4.78, 5) is 79.1. The number of thiazole rings is 1. The van der Waals surface area contributed by atoms with Crippen LogP contribution in [0.4, 0.5) is 5.69 Å². The van der Waals surface area contributed by atoms with E-state index in [1.54, 1.807) is 11.3 Å². The summed E-state index contributed by atoms with van der Waals surface area (Å²) in [6.07, 6.45) is 1.02. The molecule has 456 valence electrons. The van der Waals surface area contributed by atoms with Crippen molar-refractivity contribution in [2.45, 2.75) is 112 Å². The number of aromatic amines is 1. The first-order valence-electron chi connectivity index (χ1n) is 29.0. The Kier molecular flexibility index (Phi) is 24.8. The molecule has 1 unspecified atom stereocenters. The molecular formula is C63H85N7O13S. The van der Waals surface area contributed by atoms with Gasteiger partial charge in [-0.05, 0) is 117 Å². The summed E-state index contributed by atoms with van der Waals surface area (Å²) in [5, 5.41) is 19.3. The van der Waals surface area contributed by atoms with Gasteiger partial charge in [0.2, 0.25) is 17.7 Å². The third-order valence-corrected chi connectivity index (χ3v) is 15.9. The van der Waals surface area contributed by atoms with Gasteiger partial charge in [0.15, 0.2) is 0 Å². The number of β-amino-alcohol motifs (C(OH)–C–C–N with tert-alkyl or cyclic N) is 1. The van der Waals surface area contributed by atoms with E-state index >= 15 is 0 Å². The molecule has 5 N–H and O–H groups in total. The van der Waals surface area contributed by atoms with E-state index in [0.717, 1.165) is 74.7 Å². The minimum atomic E-state index is -0.975. The van der Waals surface area contributed by atoms with Gasteiger partial charge in [-0.25, -0.2) is 4.98 Å². The number of benzene rings is 3. The van der Waals surface area contributed by atoms with Crippen molar-refractivity contribution in [1.29, 1.82) is 0 Å². The van der Waals surface area contributed by atoms with Gasteiger partial charge in [-0.2, -0.15) is 0 Å². The number of aliphatic hydroxyl groups is 1. The van der Waals surface area contributed by atoms with Crippen LogP contribution < -0.4 is 31.1 Å². The van der Waals surface area contributed by atoms with Crippen molar-refractivity contribution in [2.24, 2.45) is 5.41 Å². The zero-order chi connectivity index (χ0) is 60.2. The maximum absolute atomic E-state index is 14.0. The lowest BCUT2D eigenvalue weighted by atomic mass is 9.85. The zero-order valence-electron chi connectivity index (χ0n) is 50.0. The number of aromatic nitrogens is 2. The normalized spacial score (nSPS) is 15.9. The number of nitrogens with one attached hydrogen (secondary N) is 4. The fourth-order valence-electron chi connectivity index (χ4n) is 10.4. The highest BCUT2D eigenvalue weighted by Crippen LogP contribution is 2.35. The summed E-state index contributed by atoms with van der Waals surface area (Å²) >= 11 is 1.57. The van der Waals surface area contributed by atoms with Gasteiger partial charge in [0.05, 0.1) is 81.6 Å². The molecule has 4 heterocycles. The summed E-state index contributed by atoms with van der Waals surface area (Å²) < 4.78 is 39.8. The van der Waals surface area contributed by atoms with Gasteiger partial charge in [0.1, 0.15) is 31.0 Å². The monoisotopic (exact) mass is 1180 g/mol. The van der Waals surface area contributed by atoms with Crippen molar-refractivity contribution in [3.8, 4) is 27.3 Å². The Bertz CT molecular complexity index is 2990. The van der Waals surface area contributed by atoms with Crippen molar-refractivity contribution in [3.05, 3.63) is 122 Å². The lowest BCUT2D eigenvalue weighted by Crippen LogP contribution is -2.58. The van der Waals surface area contributed by atoms with Crippen LogP contribution in [-0.2, 0) is 55.9 Å². The average molecular weight is 1180 g/mol. The number of hydrogen-bond donors (Lipinski definition) is 5. The molecule has 2 aromatic heterocycles. The molecule has 2 aliphatic rings. The van der Waals surface area contributed by atoms with E-state index in [1.165, 1.54) is 4.90 Å². The number of likely N-dealkylation sites (tertiary alicyclic amines) is 1. The molecule has 3 aromatic carbocycles. The lowest BCUT2D eigenvalue weighted by Gasteiger charge is -2.37. The Labute approximate surface area is 497 Å². The SMILES string of the molecule is CCN(c1cc(-c2ccc(OCCOCCOCCOCCOCCOCC(=O)NC(C(=O)N3C[C@H](O)C[C@H]3C(=O)NCc3ccc(-c4scnc4C)cc3)C(C)(C)C)cc2)cc(C(=O)NCc2c(C)cc(C)[nH]c2=O)c1C)C1CCOCC1. The number of H-pyrrole nitrogens is 1. The molecule has 0 radical (unpaired) electrons. The molecule has 0 saturated carbocycles. The number of ether oxygens (including phenoxy) is 7. The second-order valence-corrected chi connectivity index (χ2v) is 23.1. The van der Waals surface area contributed by atoms with Crippen LogP contribution in [0.5, 0.6) is 5.75 Å². The Morgan fingerprint density at radius 3 is 2.01 bits per heavy atom. The van der Waals surface area contributed by atoms with Gasteiger partial charge in [0, 0.05) is 74.4 Å². The average Bonchev–Trinajstić information content (AvgIpc) is 1.70. The number of aryl methyl sites for hydroxylation is 3. The van der Waals surface area contributed by atoms with E-state index in [-0.39, 0.29) is 69.3 Å². The fourth-order valence-corrected chi connectivity index (χ4v) is 11.2. The van der Waals surface area contributed by atoms with E-state index in [1.807, 2.05) is 115 Å². The van der Waals surface area contributed by atoms with Crippen LogP contribution in [0, 0.1) is 33.1 Å². The van der Waals surface area contributed by atoms with Gasteiger partial charge in [-0.1, -0.05) is 57.2 Å². The second kappa shape index (κ2) is 32.1. The van der Waals surface area contributed by atoms with E-state index in [9.17, 15) is 29.1 Å². The molecule has 3 atom stereocenters. The molecule has 0 aliphatic carbocycles. The van der Waals surface area contributed by atoms with E-state index in [4.69, 9.17) is 33.2 Å². The topological polar surface area (TPSA) is 241 Å². The summed E-state index contributed by atoms with van der Waals surface area (Å²) in [7, 11) is 0. The molecule has 2 fully saturated rings. The number of anilines is 1. The number of carbonyl (C=O) groups is 4. The van der Waals surface area contributed by atoms with Crippen LogP contribution in [0.3, 0.4) is 0 Å². The minimum Gasteiger partial charge on any atom is -0.491 e. The Morgan fingerprint density at radius 1 is 0.798 bits per heavy atom. The smallest absolute Gasteiger partial charge is 0.253 e. The first-order valence-corrected chi connectivity index (χ1v) is 29.9. The molecule has 5 aromatic rings. The first-order chi connectivity index (χ1) is 40.4. The molecule has 4 amide bonds. The number of rotatable bonds is 31. The Hall–Kier alpha value is -6.56. The van der Waals surface area contributed by atoms with Gasteiger partial charge >= 0.3 is 0 Å². The summed E-state index contributed by atoms with van der Waals surface area (Å²) in [5.41, 5.74) is 10.2. The van der Waals surface area contributed by atoms with Crippen molar-refractivity contribution >= 4 is 40.7 Å². The minimum absolute atomic E-state index is 0.0237. The van der Waals surface area contributed by atoms with Gasteiger partial charge in [-0.3, -0.25) is 24.0 Å². The van der Waals surface area contributed by atoms with Crippen molar-refractivity contribution in [1.82, 2.24) is 30.8 Å². The Morgan fingerprint density at radius 2 is 1.42 bits per heavy atom. The highest BCUT2D eigenvalue weighted by molar-refractivity contribution is 7.13. The zero-order valence-corrected chi connectivity index (χ0v) is 50.8. The fraction of sp³-hybridized carbons (Fsp3) is 0.524. The van der Waals surface area contributed by atoms with Crippen molar-refractivity contribution in [2.75, 3.05) is 104 Å². The highest BCUT2D eigenvalue weighted by atomic mass is 32.1. The summed E-state index contributed by atoms with van der Waals surface area (Å²) in [6.45, 7) is 20.8. The number of pyridine rings is 1. The molecule has 7 rings (SSSR count). The Balaban J connectivity index is 0.736. The highest BCUT2D eigenvalue weighted by Gasteiger charge is 2.44. The largest absolute Gasteiger partial charge is 0.491 e. The van der Waals surface area contributed by atoms with E-state index in [0.29, 0.717) is 82.9 Å². The van der Waals surface area contributed by atoms with E-state index < -0.39 is 35.4 Å². The maximum Gasteiger partial charge on any atom is 0.253 e. The van der Waals surface area contributed by atoms with Crippen LogP contribution in [-0.4, -0.2) is 167 Å². The molecule has 2 saturated heterocycles. The predicted octanol–water partition coefficient (Wildman–Crippen LogP) is 6.61. The molecule has 0 spiro atoms. The number of hydrogen-bond acceptors (Lipinski definition) is 16. The van der Waals surface area contributed by atoms with Gasteiger partial charge < -0.3 is 69.0 Å². The van der Waals surface area contributed by atoms with Gasteiger partial charge in [-0.15, -0.1) is 11.3 Å². The van der Waals surface area contributed by atoms with Crippen molar-refractivity contribution in [3.63, 3.8) is 0 Å². The van der Waals surface area contributed by atoms with Crippen LogP contribution >= 0.6 is 11.3 Å². The van der Waals surface area contributed by atoms with Crippen LogP contribution in [0.15, 0.2) is 77.0 Å². The van der Waals surface area contributed by atoms with Crippen LogP contribution in [0.1, 0.15) is 91.0 Å². The lowest BCUT2D eigenvalue weighted by molar-refractivity contribution is -0.144. The van der Waals surface area contributed by atoms with Gasteiger partial charge in [0.25, 0.3) is 11.5 Å². The van der Waals surface area contributed by atoms with Crippen molar-refractivity contribution < 1.29 is 57.4 Å². The first kappa shape index (κ1) is 65.0. The molecule has 20 nitrogen and oxygen atoms in total. The molecule has 2 aliphatic heterocycles. The maximum atomic E-state index is 14.0. The number of aliphatic hydroxyl groups excluding tert-OH is 1. The van der Waals surface area contributed by atoms with E-state index in [2.05, 4.69) is 43.8 Å².